The molecule has 33 heavy (non-hydrogen) atoms. The first-order valence-electron chi connectivity index (χ1n) is 14.6. The summed E-state index contributed by atoms with van der Waals surface area (Å²) in [6.45, 7) is 15.1. The summed E-state index contributed by atoms with van der Waals surface area (Å²) >= 11 is 0. The average Bonchev–Trinajstić information content (AvgIpc) is 2.79. The summed E-state index contributed by atoms with van der Waals surface area (Å²) in [5.74, 6) is 0. The van der Waals surface area contributed by atoms with Gasteiger partial charge in [0.2, 0.25) is 0 Å². The van der Waals surface area contributed by atoms with E-state index >= 15 is 0 Å². The quantitative estimate of drug-likeness (QED) is 0.0854. The number of nitrogens with zero attached hydrogens (tertiary/aromatic N) is 1. The normalized spacial score (nSPS) is 13.6. The van der Waals surface area contributed by atoms with E-state index in [0.717, 1.165) is 4.48 Å². The van der Waals surface area contributed by atoms with Crippen LogP contribution in [-0.2, 0) is 9.47 Å². The zero-order valence-corrected chi connectivity index (χ0v) is 24.4. The van der Waals surface area contributed by atoms with Gasteiger partial charge in [-0.3, -0.25) is 4.48 Å². The second-order valence-electron chi connectivity index (χ2n) is 10.2. The minimum absolute atomic E-state index is 0. The predicted molar refractivity (Wildman–Crippen MR) is 142 cm³/mol. The molecule has 0 aliphatic carbocycles. The number of ether oxygens (including phenoxy) is 2. The molecule has 0 amide bonds. The van der Waals surface area contributed by atoms with Crippen LogP contribution in [-0.4, -0.2) is 43.7 Å². The van der Waals surface area contributed by atoms with E-state index in [1.54, 1.807) is 7.11 Å². The fraction of sp³-hybridized carbons (Fsp3) is 1.00. The van der Waals surface area contributed by atoms with Gasteiger partial charge in [-0.25, -0.2) is 0 Å². The van der Waals surface area contributed by atoms with Crippen molar-refractivity contribution in [3.63, 3.8) is 0 Å². The molecule has 2 unspecified atom stereocenters. The van der Waals surface area contributed by atoms with Gasteiger partial charge in [0, 0.05) is 14.0 Å². The number of quaternary nitrogens is 1. The maximum absolute atomic E-state index is 6.40. The van der Waals surface area contributed by atoms with Crippen molar-refractivity contribution < 1.29 is 26.4 Å². The first-order chi connectivity index (χ1) is 15.6. The molecule has 0 aliphatic rings. The summed E-state index contributed by atoms with van der Waals surface area (Å²) in [5, 5.41) is 0. The number of halogens is 1. The van der Waals surface area contributed by atoms with Gasteiger partial charge in [0.05, 0.1) is 19.6 Å². The van der Waals surface area contributed by atoms with Gasteiger partial charge in [0.1, 0.15) is 0 Å². The molecule has 0 aromatic rings. The second kappa shape index (κ2) is 25.3. The van der Waals surface area contributed by atoms with Gasteiger partial charge < -0.3 is 21.9 Å². The minimum Gasteiger partial charge on any atom is -1.00 e. The molecule has 0 N–H and O–H groups in total. The van der Waals surface area contributed by atoms with Crippen LogP contribution in [0.3, 0.4) is 0 Å². The van der Waals surface area contributed by atoms with Gasteiger partial charge in [0.15, 0.2) is 12.5 Å². The smallest absolute Gasteiger partial charge is 0.193 e. The fourth-order valence-corrected chi connectivity index (χ4v) is 4.96. The van der Waals surface area contributed by atoms with Crippen LogP contribution < -0.4 is 12.4 Å². The molecule has 0 aromatic carbocycles. The van der Waals surface area contributed by atoms with Gasteiger partial charge >= 0.3 is 0 Å². The summed E-state index contributed by atoms with van der Waals surface area (Å²) in [4.78, 5) is 0. The van der Waals surface area contributed by atoms with Crippen molar-refractivity contribution in [2.24, 2.45) is 0 Å². The third-order valence-corrected chi connectivity index (χ3v) is 7.36. The second-order valence-corrected chi connectivity index (χ2v) is 10.2. The van der Waals surface area contributed by atoms with E-state index in [9.17, 15) is 0 Å². The highest BCUT2D eigenvalue weighted by molar-refractivity contribution is 4.55. The van der Waals surface area contributed by atoms with Gasteiger partial charge in [0.25, 0.3) is 0 Å². The molecule has 0 fully saturated rings. The third kappa shape index (κ3) is 19.1. The number of methoxy groups -OCH3 is 1. The topological polar surface area (TPSA) is 18.5 Å². The Balaban J connectivity index is 0. The van der Waals surface area contributed by atoms with Crippen LogP contribution in [0.1, 0.15) is 150 Å². The molecule has 4 heteroatoms. The van der Waals surface area contributed by atoms with E-state index in [0.29, 0.717) is 0 Å². The average molecular weight is 492 g/mol. The highest BCUT2D eigenvalue weighted by atomic mass is 35.5. The largest absolute Gasteiger partial charge is 1.00 e. The third-order valence-electron chi connectivity index (χ3n) is 7.36. The molecule has 0 bridgehead atoms. The van der Waals surface area contributed by atoms with E-state index < -0.39 is 0 Å². The summed E-state index contributed by atoms with van der Waals surface area (Å²) in [5.41, 5.74) is 0. The minimum atomic E-state index is -0.124. The van der Waals surface area contributed by atoms with Gasteiger partial charge in [-0.05, 0) is 45.4 Å². The molecule has 2 atom stereocenters. The van der Waals surface area contributed by atoms with Crippen molar-refractivity contribution >= 4 is 0 Å². The fourth-order valence-electron chi connectivity index (χ4n) is 4.96. The van der Waals surface area contributed by atoms with Crippen LogP contribution in [0.2, 0.25) is 0 Å². The van der Waals surface area contributed by atoms with Crippen LogP contribution in [0.5, 0.6) is 0 Å². The lowest BCUT2D eigenvalue weighted by atomic mass is 10.1. The molecular weight excluding hydrogens is 430 g/mol. The maximum atomic E-state index is 6.40. The Morgan fingerprint density at radius 1 is 0.515 bits per heavy atom. The lowest BCUT2D eigenvalue weighted by Crippen LogP contribution is -3.00. The van der Waals surface area contributed by atoms with Crippen molar-refractivity contribution in [3.8, 4) is 0 Å². The van der Waals surface area contributed by atoms with E-state index in [2.05, 4.69) is 27.7 Å². The molecular formula is C29H62ClNO2. The summed E-state index contributed by atoms with van der Waals surface area (Å²) < 4.78 is 13.0. The first kappa shape index (κ1) is 35.3. The van der Waals surface area contributed by atoms with Gasteiger partial charge in [-0.15, -0.1) is 0 Å². The Morgan fingerprint density at radius 3 is 1.12 bits per heavy atom. The van der Waals surface area contributed by atoms with E-state index in [4.69, 9.17) is 9.47 Å². The number of hydrogen-bond donors (Lipinski definition) is 0. The van der Waals surface area contributed by atoms with Crippen LogP contribution in [0, 0.1) is 0 Å². The van der Waals surface area contributed by atoms with Crippen molar-refractivity contribution in [2.45, 2.75) is 163 Å². The standard InChI is InChI=1S/C29H62NO2.ClH/c1-7-10-13-16-19-22-25-30(28(4)32-29(5)31-6,26-23-20-17-14-11-8-2)27-24-21-18-15-12-9-3;/h28-29H,7-27H2,1-6H3;1H/q+1;/p-1. The SMILES string of the molecule is CCCCCCCC[N+](CCCCCCCC)(CCCCCCCC)C(C)OC(C)OC.[Cl-]. The summed E-state index contributed by atoms with van der Waals surface area (Å²) in [6.07, 6.45) is 24.8. The monoisotopic (exact) mass is 491 g/mol. The first-order valence-corrected chi connectivity index (χ1v) is 14.6. The molecule has 0 spiro atoms. The van der Waals surface area contributed by atoms with Crippen LogP contribution >= 0.6 is 0 Å². The molecule has 0 heterocycles. The van der Waals surface area contributed by atoms with Crippen molar-refractivity contribution in [2.75, 3.05) is 26.7 Å². The van der Waals surface area contributed by atoms with Crippen molar-refractivity contribution in [1.82, 2.24) is 0 Å². The zero-order chi connectivity index (χ0) is 23.9. The Bertz CT molecular complexity index is 340. The van der Waals surface area contributed by atoms with Crippen LogP contribution in [0.15, 0.2) is 0 Å². The maximum Gasteiger partial charge on any atom is 0.193 e. The molecule has 0 saturated heterocycles. The van der Waals surface area contributed by atoms with Crippen LogP contribution in [0.25, 0.3) is 0 Å². The van der Waals surface area contributed by atoms with E-state index in [-0.39, 0.29) is 24.9 Å². The predicted octanol–water partition coefficient (Wildman–Crippen LogP) is 6.24. The molecule has 0 saturated carbocycles. The summed E-state index contributed by atoms with van der Waals surface area (Å²) in [7, 11) is 1.77. The molecule has 0 aromatic heterocycles. The lowest BCUT2D eigenvalue weighted by molar-refractivity contribution is -0.972. The Labute approximate surface area is 215 Å². The molecule has 0 aliphatic heterocycles. The molecule has 202 valence electrons. The number of unbranched alkanes of at least 4 members (excludes halogenated alkanes) is 15. The van der Waals surface area contributed by atoms with Crippen LogP contribution in [0.4, 0.5) is 0 Å². The number of hydrogen-bond acceptors (Lipinski definition) is 2. The molecule has 3 nitrogen and oxygen atoms in total. The van der Waals surface area contributed by atoms with Crippen molar-refractivity contribution in [3.05, 3.63) is 0 Å². The van der Waals surface area contributed by atoms with Crippen molar-refractivity contribution in [1.29, 1.82) is 0 Å². The highest BCUT2D eigenvalue weighted by Gasteiger charge is 2.34. The molecule has 0 radical (unpaired) electrons. The van der Waals surface area contributed by atoms with Gasteiger partial charge in [-0.1, -0.05) is 97.8 Å². The Kier molecular flexibility index (Phi) is 27.1. The summed E-state index contributed by atoms with van der Waals surface area (Å²) in [6, 6.07) is 0. The highest BCUT2D eigenvalue weighted by Crippen LogP contribution is 2.24. The Morgan fingerprint density at radius 2 is 0.818 bits per heavy atom. The number of rotatable bonds is 25. The van der Waals surface area contributed by atoms with E-state index in [1.807, 2.05) is 6.92 Å². The zero-order valence-electron chi connectivity index (χ0n) is 23.6. The Hall–Kier alpha value is 0.170. The molecule has 0 rings (SSSR count). The van der Waals surface area contributed by atoms with Gasteiger partial charge in [-0.2, -0.15) is 0 Å². The van der Waals surface area contributed by atoms with E-state index in [1.165, 1.54) is 135 Å². The lowest BCUT2D eigenvalue weighted by Gasteiger charge is -2.44.